The van der Waals surface area contributed by atoms with Gasteiger partial charge in [-0.3, -0.25) is 0 Å². The van der Waals surface area contributed by atoms with Gasteiger partial charge < -0.3 is 19.9 Å². The summed E-state index contributed by atoms with van der Waals surface area (Å²) in [6.07, 6.45) is 3.45. The largest absolute Gasteiger partial charge is 0.497 e. The summed E-state index contributed by atoms with van der Waals surface area (Å²) in [4.78, 5) is 0. The molecular formula is C16H25NO3. The van der Waals surface area contributed by atoms with Crippen LogP contribution in [0.15, 0.2) is 24.3 Å². The van der Waals surface area contributed by atoms with E-state index in [4.69, 9.17) is 9.47 Å². The van der Waals surface area contributed by atoms with Gasteiger partial charge in [0.05, 0.1) is 7.11 Å². The van der Waals surface area contributed by atoms with E-state index < -0.39 is 6.10 Å². The molecule has 112 valence electrons. The number of aliphatic hydroxyl groups is 1. The molecule has 0 aromatic heterocycles. The molecule has 1 aliphatic carbocycles. The summed E-state index contributed by atoms with van der Waals surface area (Å²) in [6.45, 7) is 3.03. The van der Waals surface area contributed by atoms with E-state index in [1.807, 2.05) is 24.3 Å². The summed E-state index contributed by atoms with van der Waals surface area (Å²) >= 11 is 0. The van der Waals surface area contributed by atoms with Crippen molar-refractivity contribution in [1.82, 2.24) is 5.32 Å². The van der Waals surface area contributed by atoms with Gasteiger partial charge in [-0.2, -0.15) is 0 Å². The predicted molar refractivity (Wildman–Crippen MR) is 79.3 cm³/mol. The van der Waals surface area contributed by atoms with E-state index in [2.05, 4.69) is 12.2 Å². The number of methoxy groups -OCH3 is 1. The molecule has 0 aliphatic heterocycles. The SMILES string of the molecule is COc1cccc(OC[C@H](O)CN[C@@H](C)CC2CC2)c1. The molecule has 1 aliphatic rings. The van der Waals surface area contributed by atoms with Crippen LogP contribution in [0.4, 0.5) is 0 Å². The molecule has 4 nitrogen and oxygen atoms in total. The van der Waals surface area contributed by atoms with Gasteiger partial charge in [0.2, 0.25) is 0 Å². The van der Waals surface area contributed by atoms with Crippen molar-refractivity contribution < 1.29 is 14.6 Å². The second-order valence-electron chi connectivity index (χ2n) is 5.63. The zero-order chi connectivity index (χ0) is 14.4. The van der Waals surface area contributed by atoms with Gasteiger partial charge in [0.25, 0.3) is 0 Å². The Kier molecular flexibility index (Phi) is 5.68. The molecule has 0 spiro atoms. The minimum atomic E-state index is -0.497. The fourth-order valence-corrected chi connectivity index (χ4v) is 2.22. The van der Waals surface area contributed by atoms with Gasteiger partial charge in [-0.15, -0.1) is 0 Å². The van der Waals surface area contributed by atoms with Crippen LogP contribution in [0.3, 0.4) is 0 Å². The van der Waals surface area contributed by atoms with E-state index in [0.29, 0.717) is 12.6 Å². The monoisotopic (exact) mass is 279 g/mol. The number of ether oxygens (including phenoxy) is 2. The lowest BCUT2D eigenvalue weighted by Crippen LogP contribution is -2.36. The van der Waals surface area contributed by atoms with Gasteiger partial charge in [-0.25, -0.2) is 0 Å². The molecule has 2 atom stereocenters. The van der Waals surface area contributed by atoms with Crippen LogP contribution in [0.1, 0.15) is 26.2 Å². The smallest absolute Gasteiger partial charge is 0.123 e. The van der Waals surface area contributed by atoms with E-state index in [1.54, 1.807) is 7.11 Å². The molecule has 1 aromatic rings. The summed E-state index contributed by atoms with van der Waals surface area (Å²) in [5.41, 5.74) is 0. The molecule has 0 heterocycles. The van der Waals surface area contributed by atoms with E-state index in [0.717, 1.165) is 17.4 Å². The third-order valence-electron chi connectivity index (χ3n) is 3.57. The first-order valence-electron chi connectivity index (χ1n) is 7.35. The van der Waals surface area contributed by atoms with Crippen molar-refractivity contribution in [1.29, 1.82) is 0 Å². The third kappa shape index (κ3) is 5.39. The van der Waals surface area contributed by atoms with Crippen LogP contribution in [-0.4, -0.2) is 37.5 Å². The highest BCUT2D eigenvalue weighted by Gasteiger charge is 2.23. The maximum atomic E-state index is 9.92. The van der Waals surface area contributed by atoms with Crippen molar-refractivity contribution in [2.24, 2.45) is 5.92 Å². The maximum Gasteiger partial charge on any atom is 0.123 e. The van der Waals surface area contributed by atoms with Gasteiger partial charge in [0.1, 0.15) is 24.2 Å². The summed E-state index contributed by atoms with van der Waals surface area (Å²) in [5.74, 6) is 2.38. The van der Waals surface area contributed by atoms with Crippen LogP contribution in [0.2, 0.25) is 0 Å². The average Bonchev–Trinajstić information content (AvgIpc) is 3.27. The number of rotatable bonds is 9. The summed E-state index contributed by atoms with van der Waals surface area (Å²) in [7, 11) is 1.62. The highest BCUT2D eigenvalue weighted by molar-refractivity contribution is 5.32. The molecular weight excluding hydrogens is 254 g/mol. The molecule has 4 heteroatoms. The zero-order valence-corrected chi connectivity index (χ0v) is 12.3. The second-order valence-corrected chi connectivity index (χ2v) is 5.63. The Labute approximate surface area is 121 Å². The molecule has 20 heavy (non-hydrogen) atoms. The molecule has 2 N–H and O–H groups in total. The first kappa shape index (κ1) is 15.1. The van der Waals surface area contributed by atoms with Gasteiger partial charge in [0.15, 0.2) is 0 Å². The number of hydrogen-bond acceptors (Lipinski definition) is 4. The lowest BCUT2D eigenvalue weighted by atomic mass is 10.1. The van der Waals surface area contributed by atoms with Crippen LogP contribution in [-0.2, 0) is 0 Å². The van der Waals surface area contributed by atoms with Crippen molar-refractivity contribution in [3.8, 4) is 11.5 Å². The number of benzene rings is 1. The first-order valence-corrected chi connectivity index (χ1v) is 7.35. The molecule has 0 unspecified atom stereocenters. The fourth-order valence-electron chi connectivity index (χ4n) is 2.22. The van der Waals surface area contributed by atoms with Crippen molar-refractivity contribution >= 4 is 0 Å². The predicted octanol–water partition coefficient (Wildman–Crippen LogP) is 2.21. The molecule has 0 bridgehead atoms. The molecule has 1 saturated carbocycles. The molecule has 1 aromatic carbocycles. The van der Waals surface area contributed by atoms with Gasteiger partial charge in [-0.05, 0) is 31.4 Å². The van der Waals surface area contributed by atoms with E-state index >= 15 is 0 Å². The summed E-state index contributed by atoms with van der Waals surface area (Å²) < 4.78 is 10.7. The van der Waals surface area contributed by atoms with Crippen LogP contribution >= 0.6 is 0 Å². The number of nitrogens with one attached hydrogen (secondary N) is 1. The fraction of sp³-hybridized carbons (Fsp3) is 0.625. The number of aliphatic hydroxyl groups excluding tert-OH is 1. The Hall–Kier alpha value is -1.26. The third-order valence-corrected chi connectivity index (χ3v) is 3.57. The van der Waals surface area contributed by atoms with Crippen LogP contribution in [0.25, 0.3) is 0 Å². The molecule has 0 amide bonds. The van der Waals surface area contributed by atoms with Crippen molar-refractivity contribution in [3.63, 3.8) is 0 Å². The Morgan fingerprint density at radius 3 is 2.80 bits per heavy atom. The molecule has 2 rings (SSSR count). The Morgan fingerprint density at radius 2 is 2.10 bits per heavy atom. The van der Waals surface area contributed by atoms with Crippen molar-refractivity contribution in [2.45, 2.75) is 38.3 Å². The van der Waals surface area contributed by atoms with E-state index in [1.165, 1.54) is 19.3 Å². The van der Waals surface area contributed by atoms with Crippen LogP contribution in [0.5, 0.6) is 11.5 Å². The standard InChI is InChI=1S/C16H25NO3/c1-12(8-13-6-7-13)17-10-14(18)11-20-16-5-3-4-15(9-16)19-2/h3-5,9,12-14,17-18H,6-8,10-11H2,1-2H3/t12-,14+/m0/s1. The minimum Gasteiger partial charge on any atom is -0.497 e. The number of hydrogen-bond donors (Lipinski definition) is 2. The maximum absolute atomic E-state index is 9.92. The Morgan fingerprint density at radius 1 is 1.35 bits per heavy atom. The highest BCUT2D eigenvalue weighted by atomic mass is 16.5. The van der Waals surface area contributed by atoms with Crippen molar-refractivity contribution in [3.05, 3.63) is 24.3 Å². The lowest BCUT2D eigenvalue weighted by molar-refractivity contribution is 0.103. The normalized spacial score (nSPS) is 17.6. The summed E-state index contributed by atoms with van der Waals surface area (Å²) in [5, 5.41) is 13.3. The second kappa shape index (κ2) is 7.50. The zero-order valence-electron chi connectivity index (χ0n) is 12.3. The topological polar surface area (TPSA) is 50.7 Å². The lowest BCUT2D eigenvalue weighted by Gasteiger charge is -2.17. The minimum absolute atomic E-state index is 0.288. The quantitative estimate of drug-likeness (QED) is 0.727. The van der Waals surface area contributed by atoms with Crippen molar-refractivity contribution in [2.75, 3.05) is 20.3 Å². The van der Waals surface area contributed by atoms with Gasteiger partial charge in [-0.1, -0.05) is 18.9 Å². The molecule has 0 saturated heterocycles. The molecule has 1 fully saturated rings. The van der Waals surface area contributed by atoms with Crippen LogP contribution in [0, 0.1) is 5.92 Å². The highest BCUT2D eigenvalue weighted by Crippen LogP contribution is 2.33. The van der Waals surface area contributed by atoms with E-state index in [-0.39, 0.29) is 6.61 Å². The van der Waals surface area contributed by atoms with Gasteiger partial charge >= 0.3 is 0 Å². The van der Waals surface area contributed by atoms with Gasteiger partial charge in [0, 0.05) is 18.7 Å². The first-order chi connectivity index (χ1) is 9.67. The van der Waals surface area contributed by atoms with Crippen LogP contribution < -0.4 is 14.8 Å². The summed E-state index contributed by atoms with van der Waals surface area (Å²) in [6, 6.07) is 7.88. The Bertz CT molecular complexity index is 406. The van der Waals surface area contributed by atoms with E-state index in [9.17, 15) is 5.11 Å². The molecule has 0 radical (unpaired) electrons. The average molecular weight is 279 g/mol. The Balaban J connectivity index is 1.64.